The smallest absolute Gasteiger partial charge is 0.0474 e. The molecule has 1 saturated carbocycles. The number of piperazine rings is 1. The number of hydrogen-bond donors (Lipinski definition) is 1. The van der Waals surface area contributed by atoms with E-state index in [1.54, 1.807) is 7.11 Å². The van der Waals surface area contributed by atoms with E-state index in [1.807, 2.05) is 0 Å². The van der Waals surface area contributed by atoms with E-state index in [4.69, 9.17) is 4.74 Å². The zero-order chi connectivity index (χ0) is 13.8. The largest absolute Gasteiger partial charge is 0.385 e. The Kier molecular flexibility index (Phi) is 5.27. The van der Waals surface area contributed by atoms with Crippen molar-refractivity contribution in [2.24, 2.45) is 0 Å². The van der Waals surface area contributed by atoms with Gasteiger partial charge in [0.25, 0.3) is 0 Å². The van der Waals surface area contributed by atoms with Gasteiger partial charge in [0.1, 0.15) is 0 Å². The molecule has 2 rings (SSSR count). The Labute approximate surface area is 119 Å². The van der Waals surface area contributed by atoms with Crippen LogP contribution in [0.1, 0.15) is 58.8 Å². The summed E-state index contributed by atoms with van der Waals surface area (Å²) in [6.45, 7) is 9.20. The van der Waals surface area contributed by atoms with Gasteiger partial charge in [-0.25, -0.2) is 0 Å². The Bertz CT molecular complexity index is 276. The lowest BCUT2D eigenvalue weighted by molar-refractivity contribution is -0.00568. The molecule has 19 heavy (non-hydrogen) atoms. The molecular formula is C16H32N2O. The van der Waals surface area contributed by atoms with Crippen LogP contribution in [-0.4, -0.2) is 49.3 Å². The van der Waals surface area contributed by atoms with Gasteiger partial charge in [-0.1, -0.05) is 26.2 Å². The zero-order valence-electron chi connectivity index (χ0n) is 13.1. The molecule has 1 heterocycles. The molecule has 1 aliphatic heterocycles. The van der Waals surface area contributed by atoms with Crippen LogP contribution >= 0.6 is 0 Å². The Hall–Kier alpha value is -0.120. The summed E-state index contributed by atoms with van der Waals surface area (Å²) in [4.78, 5) is 2.74. The average Bonchev–Trinajstić information content (AvgIpc) is 2.44. The zero-order valence-corrected chi connectivity index (χ0v) is 13.1. The van der Waals surface area contributed by atoms with Crippen molar-refractivity contribution in [1.29, 1.82) is 0 Å². The summed E-state index contributed by atoms with van der Waals surface area (Å²) in [5.41, 5.74) is 0.746. The lowest BCUT2D eigenvalue weighted by atomic mass is 9.77. The van der Waals surface area contributed by atoms with Gasteiger partial charge in [0, 0.05) is 44.4 Å². The topological polar surface area (TPSA) is 24.5 Å². The second-order valence-electron chi connectivity index (χ2n) is 6.81. The van der Waals surface area contributed by atoms with Crippen molar-refractivity contribution < 1.29 is 4.74 Å². The van der Waals surface area contributed by atoms with Gasteiger partial charge in [-0.3, -0.25) is 4.90 Å². The molecule has 0 aromatic heterocycles. The third-order valence-corrected chi connectivity index (χ3v) is 5.45. The first-order valence-electron chi connectivity index (χ1n) is 8.13. The minimum absolute atomic E-state index is 0.330. The third-order valence-electron chi connectivity index (χ3n) is 5.45. The van der Waals surface area contributed by atoms with Crippen molar-refractivity contribution in [3.63, 3.8) is 0 Å². The van der Waals surface area contributed by atoms with Crippen molar-refractivity contribution in [3.8, 4) is 0 Å². The maximum absolute atomic E-state index is 5.23. The van der Waals surface area contributed by atoms with Gasteiger partial charge in [-0.05, 0) is 32.6 Å². The van der Waals surface area contributed by atoms with E-state index in [-0.39, 0.29) is 0 Å². The van der Waals surface area contributed by atoms with Crippen molar-refractivity contribution >= 4 is 0 Å². The highest BCUT2D eigenvalue weighted by Gasteiger charge is 2.44. The predicted octanol–water partition coefficient (Wildman–Crippen LogP) is 2.80. The molecule has 2 fully saturated rings. The fourth-order valence-corrected chi connectivity index (χ4v) is 3.76. The molecule has 1 unspecified atom stereocenters. The van der Waals surface area contributed by atoms with Gasteiger partial charge in [-0.15, -0.1) is 0 Å². The number of nitrogens with one attached hydrogen (secondary N) is 1. The van der Waals surface area contributed by atoms with Crippen LogP contribution in [0.5, 0.6) is 0 Å². The SMILES string of the molecule is CCC1(C)CNC2(CCCCC2)CN1CCCOC. The van der Waals surface area contributed by atoms with Crippen LogP contribution in [0.2, 0.25) is 0 Å². The van der Waals surface area contributed by atoms with E-state index < -0.39 is 0 Å². The van der Waals surface area contributed by atoms with Crippen molar-refractivity contribution in [2.75, 3.05) is 33.4 Å². The highest BCUT2D eigenvalue weighted by atomic mass is 16.5. The van der Waals surface area contributed by atoms with Gasteiger partial charge in [0.15, 0.2) is 0 Å². The van der Waals surface area contributed by atoms with Crippen molar-refractivity contribution in [1.82, 2.24) is 10.2 Å². The average molecular weight is 268 g/mol. The van der Waals surface area contributed by atoms with Crippen LogP contribution in [-0.2, 0) is 4.74 Å². The van der Waals surface area contributed by atoms with Crippen LogP contribution in [0.15, 0.2) is 0 Å². The standard InChI is InChI=1S/C16H32N2O/c1-4-15(2)13-17-16(9-6-5-7-10-16)14-18(15)11-8-12-19-3/h17H,4-14H2,1-3H3. The van der Waals surface area contributed by atoms with Gasteiger partial charge >= 0.3 is 0 Å². The molecule has 1 N–H and O–H groups in total. The minimum Gasteiger partial charge on any atom is -0.385 e. The van der Waals surface area contributed by atoms with Crippen LogP contribution in [0.3, 0.4) is 0 Å². The van der Waals surface area contributed by atoms with Crippen molar-refractivity contribution in [2.45, 2.75) is 69.9 Å². The quantitative estimate of drug-likeness (QED) is 0.776. The van der Waals surface area contributed by atoms with Crippen LogP contribution in [0, 0.1) is 0 Å². The Balaban J connectivity index is 1.99. The van der Waals surface area contributed by atoms with Gasteiger partial charge < -0.3 is 10.1 Å². The molecule has 112 valence electrons. The maximum atomic E-state index is 5.23. The number of methoxy groups -OCH3 is 1. The third kappa shape index (κ3) is 3.50. The van der Waals surface area contributed by atoms with E-state index in [0.717, 1.165) is 19.6 Å². The molecule has 0 aromatic carbocycles. The Morgan fingerprint density at radius 2 is 1.95 bits per heavy atom. The minimum atomic E-state index is 0.330. The first-order chi connectivity index (χ1) is 9.14. The number of nitrogens with zero attached hydrogens (tertiary/aromatic N) is 1. The van der Waals surface area contributed by atoms with E-state index in [1.165, 1.54) is 51.6 Å². The van der Waals surface area contributed by atoms with E-state index in [2.05, 4.69) is 24.1 Å². The molecule has 0 amide bonds. The summed E-state index contributed by atoms with van der Waals surface area (Å²) in [5, 5.41) is 3.92. The van der Waals surface area contributed by atoms with Crippen LogP contribution in [0.4, 0.5) is 0 Å². The lowest BCUT2D eigenvalue weighted by Crippen LogP contribution is -2.69. The van der Waals surface area contributed by atoms with Gasteiger partial charge in [-0.2, -0.15) is 0 Å². The summed E-state index contributed by atoms with van der Waals surface area (Å²) in [7, 11) is 1.80. The summed E-state index contributed by atoms with van der Waals surface area (Å²) in [6, 6.07) is 0. The van der Waals surface area contributed by atoms with Gasteiger partial charge in [0.05, 0.1) is 0 Å². The lowest BCUT2D eigenvalue weighted by Gasteiger charge is -2.54. The van der Waals surface area contributed by atoms with E-state index in [9.17, 15) is 0 Å². The molecule has 0 radical (unpaired) electrons. The second-order valence-corrected chi connectivity index (χ2v) is 6.81. The number of rotatable bonds is 5. The van der Waals surface area contributed by atoms with Crippen molar-refractivity contribution in [3.05, 3.63) is 0 Å². The Morgan fingerprint density at radius 3 is 2.58 bits per heavy atom. The fourth-order valence-electron chi connectivity index (χ4n) is 3.76. The molecule has 3 heteroatoms. The summed E-state index contributed by atoms with van der Waals surface area (Å²) in [6.07, 6.45) is 9.36. The fraction of sp³-hybridized carbons (Fsp3) is 1.00. The highest BCUT2D eigenvalue weighted by Crippen LogP contribution is 2.35. The second kappa shape index (κ2) is 6.55. The number of hydrogen-bond acceptors (Lipinski definition) is 3. The summed E-state index contributed by atoms with van der Waals surface area (Å²) in [5.74, 6) is 0. The molecule has 1 saturated heterocycles. The molecule has 1 spiro atoms. The number of ether oxygens (including phenoxy) is 1. The molecule has 0 bridgehead atoms. The predicted molar refractivity (Wildman–Crippen MR) is 80.6 cm³/mol. The summed E-state index contributed by atoms with van der Waals surface area (Å²) < 4.78 is 5.23. The first-order valence-corrected chi connectivity index (χ1v) is 8.13. The maximum Gasteiger partial charge on any atom is 0.0474 e. The van der Waals surface area contributed by atoms with Crippen LogP contribution < -0.4 is 5.32 Å². The monoisotopic (exact) mass is 268 g/mol. The molecule has 3 nitrogen and oxygen atoms in total. The molecule has 0 aromatic rings. The van der Waals surface area contributed by atoms with E-state index >= 15 is 0 Å². The first kappa shape index (κ1) is 15.3. The molecular weight excluding hydrogens is 236 g/mol. The Morgan fingerprint density at radius 1 is 1.21 bits per heavy atom. The summed E-state index contributed by atoms with van der Waals surface area (Å²) >= 11 is 0. The molecule has 2 aliphatic rings. The molecule has 1 aliphatic carbocycles. The van der Waals surface area contributed by atoms with Crippen LogP contribution in [0.25, 0.3) is 0 Å². The normalized spacial score (nSPS) is 31.7. The highest BCUT2D eigenvalue weighted by molar-refractivity contribution is 5.04. The van der Waals surface area contributed by atoms with E-state index in [0.29, 0.717) is 11.1 Å². The van der Waals surface area contributed by atoms with Gasteiger partial charge in [0.2, 0.25) is 0 Å². The molecule has 1 atom stereocenters.